The highest BCUT2D eigenvalue weighted by atomic mass is 19.4. The second-order valence-corrected chi connectivity index (χ2v) is 5.46. The molecule has 0 amide bonds. The Morgan fingerprint density at radius 1 is 1.48 bits per heavy atom. The molecule has 1 aromatic rings. The Labute approximate surface area is 122 Å². The number of methoxy groups -OCH3 is 1. The van der Waals surface area contributed by atoms with Crippen LogP contribution >= 0.6 is 0 Å². The monoisotopic (exact) mass is 306 g/mol. The van der Waals surface area contributed by atoms with Gasteiger partial charge in [0.2, 0.25) is 0 Å². The molecule has 2 atom stereocenters. The van der Waals surface area contributed by atoms with Crippen molar-refractivity contribution in [3.63, 3.8) is 0 Å². The maximum absolute atomic E-state index is 12.4. The zero-order chi connectivity index (χ0) is 15.5. The minimum Gasteiger partial charge on any atom is -0.465 e. The van der Waals surface area contributed by atoms with Crippen molar-refractivity contribution in [1.82, 2.24) is 10.2 Å². The van der Waals surface area contributed by atoms with Gasteiger partial charge in [-0.25, -0.2) is 0 Å². The van der Waals surface area contributed by atoms with Crippen LogP contribution in [0.2, 0.25) is 0 Å². The first-order valence-electron chi connectivity index (χ1n) is 6.98. The average Bonchev–Trinajstić information content (AvgIpc) is 2.96. The molecule has 120 valence electrons. The van der Waals surface area contributed by atoms with Gasteiger partial charge in [0, 0.05) is 26.2 Å². The summed E-state index contributed by atoms with van der Waals surface area (Å²) >= 11 is 0. The van der Waals surface area contributed by atoms with Crippen molar-refractivity contribution in [1.29, 1.82) is 0 Å². The Balaban J connectivity index is 1.90. The van der Waals surface area contributed by atoms with Crippen LogP contribution in [0.25, 0.3) is 0 Å². The highest BCUT2D eigenvalue weighted by molar-refractivity contribution is 5.10. The van der Waals surface area contributed by atoms with Gasteiger partial charge in [-0.15, -0.1) is 0 Å². The number of hydrogen-bond acceptors (Lipinski definition) is 4. The first-order chi connectivity index (χ1) is 9.87. The molecular formula is C14H21F3N2O2. The van der Waals surface area contributed by atoms with Gasteiger partial charge in [0.05, 0.1) is 19.2 Å². The predicted molar refractivity (Wildman–Crippen MR) is 72.1 cm³/mol. The lowest BCUT2D eigenvalue weighted by Gasteiger charge is -2.22. The number of rotatable bonds is 6. The number of likely N-dealkylation sites (tertiary alicyclic amines) is 1. The maximum Gasteiger partial charge on any atom is 0.401 e. The molecule has 1 N–H and O–H groups in total. The molecule has 0 unspecified atom stereocenters. The van der Waals surface area contributed by atoms with Crippen LogP contribution in [0.1, 0.15) is 24.0 Å². The molecule has 1 saturated heterocycles. The van der Waals surface area contributed by atoms with Gasteiger partial charge in [-0.1, -0.05) is 0 Å². The summed E-state index contributed by atoms with van der Waals surface area (Å²) in [6.07, 6.45) is -3.45. The zero-order valence-electron chi connectivity index (χ0n) is 12.2. The molecular weight excluding hydrogens is 285 g/mol. The number of hydrogen-bond donors (Lipinski definition) is 1. The summed E-state index contributed by atoms with van der Waals surface area (Å²) in [6, 6.07) is 3.61. The van der Waals surface area contributed by atoms with Crippen molar-refractivity contribution < 1.29 is 22.3 Å². The molecule has 0 spiro atoms. The van der Waals surface area contributed by atoms with Crippen molar-refractivity contribution in [3.05, 3.63) is 23.7 Å². The second kappa shape index (κ2) is 6.81. The fourth-order valence-corrected chi connectivity index (χ4v) is 2.67. The van der Waals surface area contributed by atoms with E-state index in [4.69, 9.17) is 9.15 Å². The van der Waals surface area contributed by atoms with E-state index < -0.39 is 12.7 Å². The smallest absolute Gasteiger partial charge is 0.401 e. The summed E-state index contributed by atoms with van der Waals surface area (Å²) in [5.74, 6) is 1.56. The summed E-state index contributed by atoms with van der Waals surface area (Å²) in [4.78, 5) is 1.43. The predicted octanol–water partition coefficient (Wildman–Crippen LogP) is 2.50. The van der Waals surface area contributed by atoms with Gasteiger partial charge < -0.3 is 14.5 Å². The quantitative estimate of drug-likeness (QED) is 0.876. The minimum atomic E-state index is -4.14. The van der Waals surface area contributed by atoms with E-state index in [-0.39, 0.29) is 12.1 Å². The SMILES string of the molecule is COC[C@H](N[C@@H]1CCN(CC(F)(F)F)C1)c1ccc(C)o1. The van der Waals surface area contributed by atoms with E-state index in [0.29, 0.717) is 26.1 Å². The largest absolute Gasteiger partial charge is 0.465 e. The van der Waals surface area contributed by atoms with Crippen molar-refractivity contribution >= 4 is 0 Å². The van der Waals surface area contributed by atoms with Crippen molar-refractivity contribution in [2.24, 2.45) is 0 Å². The summed E-state index contributed by atoms with van der Waals surface area (Å²) < 4.78 is 47.9. The Kier molecular flexibility index (Phi) is 5.29. The standard InChI is InChI=1S/C14H21F3N2O2/c1-10-3-4-13(21-10)12(8-20-2)18-11-5-6-19(7-11)9-14(15,16)17/h3-4,11-12,18H,5-9H2,1-2H3/t11-,12+/m1/s1. The van der Waals surface area contributed by atoms with Gasteiger partial charge in [0.15, 0.2) is 0 Å². The summed E-state index contributed by atoms with van der Waals surface area (Å²) in [5.41, 5.74) is 0. The van der Waals surface area contributed by atoms with E-state index in [1.807, 2.05) is 19.1 Å². The highest BCUT2D eigenvalue weighted by Crippen LogP contribution is 2.22. The molecule has 2 rings (SSSR count). The lowest BCUT2D eigenvalue weighted by molar-refractivity contribution is -0.143. The Morgan fingerprint density at radius 3 is 2.81 bits per heavy atom. The molecule has 7 heteroatoms. The fraction of sp³-hybridized carbons (Fsp3) is 0.714. The molecule has 1 aliphatic heterocycles. The molecule has 0 radical (unpaired) electrons. The third-order valence-electron chi connectivity index (χ3n) is 3.55. The molecule has 1 fully saturated rings. The molecule has 0 bridgehead atoms. The third kappa shape index (κ3) is 5.01. The molecule has 4 nitrogen and oxygen atoms in total. The summed E-state index contributed by atoms with van der Waals surface area (Å²) in [7, 11) is 1.59. The topological polar surface area (TPSA) is 37.6 Å². The number of nitrogens with zero attached hydrogens (tertiary/aromatic N) is 1. The summed E-state index contributed by atoms with van der Waals surface area (Å²) in [5, 5.41) is 3.33. The molecule has 21 heavy (non-hydrogen) atoms. The van der Waals surface area contributed by atoms with Gasteiger partial charge in [0.1, 0.15) is 11.5 Å². The van der Waals surface area contributed by atoms with Crippen LogP contribution in [0.15, 0.2) is 16.5 Å². The van der Waals surface area contributed by atoms with E-state index >= 15 is 0 Å². The van der Waals surface area contributed by atoms with Crippen LogP contribution in [0.5, 0.6) is 0 Å². The van der Waals surface area contributed by atoms with Crippen LogP contribution in [0.3, 0.4) is 0 Å². The fourth-order valence-electron chi connectivity index (χ4n) is 2.67. The maximum atomic E-state index is 12.4. The third-order valence-corrected chi connectivity index (χ3v) is 3.55. The lowest BCUT2D eigenvalue weighted by atomic mass is 10.2. The molecule has 0 aromatic carbocycles. The van der Waals surface area contributed by atoms with Gasteiger partial charge in [-0.05, 0) is 25.5 Å². The molecule has 0 saturated carbocycles. The molecule has 1 aromatic heterocycles. The number of nitrogens with one attached hydrogen (secondary N) is 1. The number of halogens is 3. The molecule has 0 aliphatic carbocycles. The van der Waals surface area contributed by atoms with E-state index in [2.05, 4.69) is 5.32 Å². The second-order valence-electron chi connectivity index (χ2n) is 5.46. The zero-order valence-corrected chi connectivity index (χ0v) is 12.2. The van der Waals surface area contributed by atoms with E-state index in [1.54, 1.807) is 7.11 Å². The Bertz CT molecular complexity index is 448. The first kappa shape index (κ1) is 16.3. The minimum absolute atomic E-state index is 0.0120. The van der Waals surface area contributed by atoms with E-state index in [0.717, 1.165) is 11.5 Å². The van der Waals surface area contributed by atoms with Crippen LogP contribution < -0.4 is 5.32 Å². The number of aryl methyl sites for hydroxylation is 1. The Morgan fingerprint density at radius 2 is 2.24 bits per heavy atom. The van der Waals surface area contributed by atoms with Crippen molar-refractivity contribution in [2.45, 2.75) is 31.6 Å². The van der Waals surface area contributed by atoms with Crippen molar-refractivity contribution in [3.8, 4) is 0 Å². The molecule has 2 heterocycles. The Hall–Kier alpha value is -1.05. The number of alkyl halides is 3. The van der Waals surface area contributed by atoms with E-state index in [9.17, 15) is 13.2 Å². The molecule has 1 aliphatic rings. The van der Waals surface area contributed by atoms with Gasteiger partial charge in [-0.3, -0.25) is 4.90 Å². The summed E-state index contributed by atoms with van der Waals surface area (Å²) in [6.45, 7) is 2.27. The number of ether oxygens (including phenoxy) is 1. The van der Waals surface area contributed by atoms with Crippen LogP contribution in [0, 0.1) is 6.92 Å². The normalized spacial score (nSPS) is 21.9. The highest BCUT2D eigenvalue weighted by Gasteiger charge is 2.35. The lowest BCUT2D eigenvalue weighted by Crippen LogP contribution is -2.39. The van der Waals surface area contributed by atoms with Crippen LogP contribution in [-0.4, -0.2) is 50.5 Å². The van der Waals surface area contributed by atoms with Crippen LogP contribution in [-0.2, 0) is 4.74 Å². The van der Waals surface area contributed by atoms with Gasteiger partial charge >= 0.3 is 6.18 Å². The van der Waals surface area contributed by atoms with Crippen molar-refractivity contribution in [2.75, 3.05) is 33.4 Å². The van der Waals surface area contributed by atoms with E-state index in [1.165, 1.54) is 4.90 Å². The number of furan rings is 1. The first-order valence-corrected chi connectivity index (χ1v) is 6.98. The van der Waals surface area contributed by atoms with Crippen LogP contribution in [0.4, 0.5) is 13.2 Å². The van der Waals surface area contributed by atoms with Gasteiger partial charge in [-0.2, -0.15) is 13.2 Å². The average molecular weight is 306 g/mol. The van der Waals surface area contributed by atoms with Gasteiger partial charge in [0.25, 0.3) is 0 Å².